The third-order valence-corrected chi connectivity index (χ3v) is 6.61. The molecular weight excluding hydrogens is 244 g/mol. The smallest absolute Gasteiger partial charge is 0.0696 e. The van der Waals surface area contributed by atoms with Crippen LogP contribution in [0.25, 0.3) is 0 Å². The van der Waals surface area contributed by atoms with Gasteiger partial charge in [-0.05, 0) is 26.1 Å². The average Bonchev–Trinajstić information content (AvgIpc) is 2.84. The summed E-state index contributed by atoms with van der Waals surface area (Å²) in [5.74, 6) is 0. The zero-order valence-corrected chi connectivity index (χ0v) is 12.8. The summed E-state index contributed by atoms with van der Waals surface area (Å²) in [6.07, 6.45) is 16.5. The Hall–Kier alpha value is 0.140. The van der Waals surface area contributed by atoms with Gasteiger partial charge in [0, 0.05) is 11.5 Å². The van der Waals surface area contributed by atoms with Gasteiger partial charge in [0.05, 0.1) is 8.02 Å². The minimum absolute atomic E-state index is 0.457. The van der Waals surface area contributed by atoms with Crippen molar-refractivity contribution in [1.82, 2.24) is 5.09 Å². The minimum Gasteiger partial charge on any atom is -0.230 e. The van der Waals surface area contributed by atoms with E-state index in [0.717, 1.165) is 0 Å². The van der Waals surface area contributed by atoms with Gasteiger partial charge >= 0.3 is 0 Å². The molecule has 0 atom stereocenters. The molecule has 2 aliphatic rings. The average molecular weight is 268 g/mol. The number of rotatable bonds is 1. The van der Waals surface area contributed by atoms with Crippen LogP contribution in [0.1, 0.15) is 71.1 Å². The molecule has 0 saturated heterocycles. The molecule has 1 aliphatic heterocycles. The van der Waals surface area contributed by atoms with Crippen molar-refractivity contribution < 1.29 is 0 Å². The summed E-state index contributed by atoms with van der Waals surface area (Å²) in [6, 6.07) is 0. The fraction of sp³-hybridized carbons (Fsp3) is 0.857. The van der Waals surface area contributed by atoms with Crippen LogP contribution >= 0.6 is 15.9 Å². The summed E-state index contributed by atoms with van der Waals surface area (Å²) in [5.41, 5.74) is 0.457. The number of hydrogen-bond acceptors (Lipinski definition) is 0. The fourth-order valence-corrected chi connectivity index (χ4v) is 5.39. The summed E-state index contributed by atoms with van der Waals surface area (Å²) in [6.45, 7) is 2.49. The summed E-state index contributed by atoms with van der Waals surface area (Å²) in [4.78, 5) is 0. The molecule has 1 fully saturated rings. The highest BCUT2D eigenvalue weighted by atomic mass is 31.7. The van der Waals surface area contributed by atoms with Gasteiger partial charge in [0.1, 0.15) is 0 Å². The van der Waals surface area contributed by atoms with E-state index in [2.05, 4.69) is 18.2 Å². The zero-order chi connectivity index (χ0) is 12.0. The van der Waals surface area contributed by atoms with Gasteiger partial charge in [-0.2, -0.15) is 0 Å². The lowest BCUT2D eigenvalue weighted by Gasteiger charge is -2.29. The Morgan fingerprint density at radius 3 is 1.94 bits per heavy atom. The van der Waals surface area contributed by atoms with Crippen LogP contribution in [-0.2, 0) is 0 Å². The molecule has 2 rings (SSSR count). The zero-order valence-electron chi connectivity index (χ0n) is 11.0. The van der Waals surface area contributed by atoms with Crippen LogP contribution in [0.2, 0.25) is 0 Å². The molecule has 0 amide bonds. The molecule has 1 radical (unpaired) electrons. The Balaban J connectivity index is 1.98. The Morgan fingerprint density at radius 2 is 1.47 bits per heavy atom. The van der Waals surface area contributed by atoms with Gasteiger partial charge in [-0.3, -0.25) is 0 Å². The standard InChI is InChI=1S/C14H24NP2/c1-14(13-12-15-17-16-13)10-8-6-4-2-3-5-7-9-11-14/h12H,2-11H2,1H3. The monoisotopic (exact) mass is 268 g/mol. The maximum Gasteiger partial charge on any atom is 0.0696 e. The van der Waals surface area contributed by atoms with E-state index >= 15 is 0 Å². The molecule has 0 bridgehead atoms. The lowest BCUT2D eigenvalue weighted by Crippen LogP contribution is -2.17. The Bertz CT molecular complexity index is 285. The Kier molecular flexibility index (Phi) is 5.51. The highest BCUT2D eigenvalue weighted by molar-refractivity contribution is 7.85. The van der Waals surface area contributed by atoms with E-state index in [0.29, 0.717) is 5.41 Å². The maximum absolute atomic E-state index is 4.40. The third kappa shape index (κ3) is 4.08. The predicted octanol–water partition coefficient (Wildman–Crippen LogP) is 6.09. The number of allylic oxidation sites excluding steroid dienone is 1. The number of hydrogen-bond donors (Lipinski definition) is 0. The Labute approximate surface area is 109 Å². The molecule has 0 aromatic carbocycles. The van der Waals surface area contributed by atoms with Gasteiger partial charge in [-0.1, -0.05) is 58.3 Å². The second kappa shape index (κ2) is 6.91. The highest BCUT2D eigenvalue weighted by Gasteiger charge is 2.29. The lowest BCUT2D eigenvalue weighted by atomic mass is 9.79. The van der Waals surface area contributed by atoms with Gasteiger partial charge in [0.2, 0.25) is 0 Å². The van der Waals surface area contributed by atoms with E-state index in [1.165, 1.54) is 80.1 Å². The molecule has 1 aliphatic carbocycles. The predicted molar refractivity (Wildman–Crippen MR) is 78.3 cm³/mol. The third-order valence-electron chi connectivity index (χ3n) is 4.21. The van der Waals surface area contributed by atoms with E-state index in [4.69, 9.17) is 0 Å². The van der Waals surface area contributed by atoms with Crippen molar-refractivity contribution >= 4 is 15.9 Å². The first kappa shape index (κ1) is 13.6. The molecule has 0 N–H and O–H groups in total. The number of nitrogens with zero attached hydrogens (tertiary/aromatic N) is 1. The van der Waals surface area contributed by atoms with E-state index in [1.54, 1.807) is 5.31 Å². The van der Waals surface area contributed by atoms with Gasteiger partial charge in [0.25, 0.3) is 0 Å². The molecule has 0 aromatic rings. The molecule has 0 unspecified atom stereocenters. The first-order valence-electron chi connectivity index (χ1n) is 7.13. The van der Waals surface area contributed by atoms with Gasteiger partial charge < -0.3 is 0 Å². The second-order valence-electron chi connectivity index (χ2n) is 5.71. The summed E-state index contributed by atoms with van der Waals surface area (Å²) in [7, 11) is 2.70. The first-order chi connectivity index (χ1) is 8.31. The van der Waals surface area contributed by atoms with Crippen LogP contribution in [0.15, 0.2) is 11.5 Å². The Morgan fingerprint density at radius 1 is 0.941 bits per heavy atom. The SMILES string of the molecule is CC1(C2=C[N]P=P2)CCCCCCCCCC1. The van der Waals surface area contributed by atoms with Crippen molar-refractivity contribution in [2.75, 3.05) is 0 Å². The normalized spacial score (nSPS) is 27.7. The van der Waals surface area contributed by atoms with E-state index < -0.39 is 0 Å². The molecule has 0 aromatic heterocycles. The van der Waals surface area contributed by atoms with Crippen LogP contribution in [-0.4, -0.2) is 0 Å². The van der Waals surface area contributed by atoms with Crippen LogP contribution < -0.4 is 5.09 Å². The van der Waals surface area contributed by atoms with Crippen molar-refractivity contribution in [2.45, 2.75) is 71.1 Å². The first-order valence-corrected chi connectivity index (χ1v) is 9.57. The summed E-state index contributed by atoms with van der Waals surface area (Å²) in [5, 5.41) is 6.01. The van der Waals surface area contributed by atoms with Crippen molar-refractivity contribution in [1.29, 1.82) is 0 Å². The van der Waals surface area contributed by atoms with E-state index in [-0.39, 0.29) is 0 Å². The van der Waals surface area contributed by atoms with Crippen LogP contribution in [0.4, 0.5) is 0 Å². The second-order valence-corrected chi connectivity index (χ2v) is 7.94. The van der Waals surface area contributed by atoms with Crippen molar-refractivity contribution in [3.63, 3.8) is 0 Å². The van der Waals surface area contributed by atoms with Crippen LogP contribution in [0.5, 0.6) is 0 Å². The van der Waals surface area contributed by atoms with Crippen molar-refractivity contribution in [3.8, 4) is 0 Å². The van der Waals surface area contributed by atoms with Gasteiger partial charge in [0.15, 0.2) is 0 Å². The van der Waals surface area contributed by atoms with E-state index in [1.807, 2.05) is 0 Å². The molecule has 1 heterocycles. The van der Waals surface area contributed by atoms with E-state index in [9.17, 15) is 0 Å². The molecular formula is C14H24NP2. The largest absolute Gasteiger partial charge is 0.230 e. The molecule has 0 spiro atoms. The van der Waals surface area contributed by atoms with Gasteiger partial charge in [-0.25, -0.2) is 5.09 Å². The quantitative estimate of drug-likeness (QED) is 0.511. The van der Waals surface area contributed by atoms with Crippen LogP contribution in [0, 0.1) is 5.41 Å². The topological polar surface area (TPSA) is 14.1 Å². The molecule has 17 heavy (non-hydrogen) atoms. The molecule has 3 heteroatoms. The van der Waals surface area contributed by atoms with Crippen LogP contribution in [0.3, 0.4) is 0 Å². The molecule has 1 saturated carbocycles. The molecule has 95 valence electrons. The summed E-state index contributed by atoms with van der Waals surface area (Å²) < 4.78 is 0. The molecule has 1 nitrogen and oxygen atoms in total. The highest BCUT2D eigenvalue weighted by Crippen LogP contribution is 2.48. The van der Waals surface area contributed by atoms with Crippen molar-refractivity contribution in [2.24, 2.45) is 5.41 Å². The summed E-state index contributed by atoms with van der Waals surface area (Å²) >= 11 is 0. The fourth-order valence-electron chi connectivity index (χ4n) is 2.93. The lowest BCUT2D eigenvalue weighted by molar-refractivity contribution is 0.326. The minimum atomic E-state index is 0.457. The van der Waals surface area contributed by atoms with Gasteiger partial charge in [-0.15, -0.1) is 0 Å². The van der Waals surface area contributed by atoms with Crippen molar-refractivity contribution in [3.05, 3.63) is 11.5 Å². The maximum atomic E-state index is 4.40.